The highest BCUT2D eigenvalue weighted by Gasteiger charge is 2.21. The Morgan fingerprint density at radius 2 is 1.61 bits per heavy atom. The second-order valence-electron chi connectivity index (χ2n) is 7.39. The fraction of sp³-hybridized carbons (Fsp3) is 0.261. The van der Waals surface area contributed by atoms with Crippen molar-refractivity contribution in [2.75, 3.05) is 54.1 Å². The Morgan fingerprint density at radius 1 is 0.968 bits per heavy atom. The predicted molar refractivity (Wildman–Crippen MR) is 124 cm³/mol. The summed E-state index contributed by atoms with van der Waals surface area (Å²) in [6, 6.07) is 15.3. The lowest BCUT2D eigenvalue weighted by Crippen LogP contribution is -2.47. The molecule has 1 aromatic heterocycles. The highest BCUT2D eigenvalue weighted by molar-refractivity contribution is 5.94. The summed E-state index contributed by atoms with van der Waals surface area (Å²) >= 11 is 0. The van der Waals surface area contributed by atoms with Crippen LogP contribution in [0, 0.1) is 0 Å². The summed E-state index contributed by atoms with van der Waals surface area (Å²) in [5, 5.41) is 3.23. The van der Waals surface area contributed by atoms with Crippen molar-refractivity contribution in [1.29, 1.82) is 0 Å². The summed E-state index contributed by atoms with van der Waals surface area (Å²) < 4.78 is 5.24. The highest BCUT2D eigenvalue weighted by Crippen LogP contribution is 2.30. The molecule has 31 heavy (non-hydrogen) atoms. The third kappa shape index (κ3) is 4.53. The van der Waals surface area contributed by atoms with E-state index in [0.29, 0.717) is 17.1 Å². The molecule has 0 amide bonds. The largest absolute Gasteiger partial charge is 0.497 e. The maximum Gasteiger partial charge on any atom is 0.159 e. The fourth-order valence-electron chi connectivity index (χ4n) is 3.63. The number of nitrogens with zero attached hydrogens (tertiary/aromatic N) is 4. The van der Waals surface area contributed by atoms with Gasteiger partial charge >= 0.3 is 0 Å². The Labute approximate surface area is 181 Å². The van der Waals surface area contributed by atoms with Gasteiger partial charge in [-0.25, -0.2) is 9.97 Å². The number of ketones is 1. The second-order valence-corrected chi connectivity index (χ2v) is 7.39. The van der Waals surface area contributed by atoms with Gasteiger partial charge in [0, 0.05) is 43.1 Å². The molecule has 1 fully saturated rings. The molecular formula is C23H26N6O2. The molecule has 1 aliphatic rings. The molecular weight excluding hydrogens is 392 g/mol. The number of hydrogen-bond donors (Lipinski definition) is 2. The van der Waals surface area contributed by atoms with E-state index in [1.807, 2.05) is 24.3 Å². The van der Waals surface area contributed by atoms with Crippen LogP contribution >= 0.6 is 0 Å². The number of benzene rings is 2. The van der Waals surface area contributed by atoms with Crippen molar-refractivity contribution >= 4 is 34.5 Å². The Hall–Kier alpha value is -3.81. The predicted octanol–water partition coefficient (Wildman–Crippen LogP) is 3.34. The minimum absolute atomic E-state index is 0.0316. The van der Waals surface area contributed by atoms with E-state index in [4.69, 9.17) is 10.5 Å². The lowest BCUT2D eigenvalue weighted by atomic mass is 10.1. The summed E-state index contributed by atoms with van der Waals surface area (Å²) in [5.74, 6) is 2.17. The van der Waals surface area contributed by atoms with Crippen LogP contribution in [0.15, 0.2) is 54.9 Å². The molecule has 8 nitrogen and oxygen atoms in total. The molecule has 0 radical (unpaired) electrons. The van der Waals surface area contributed by atoms with Crippen molar-refractivity contribution in [3.05, 3.63) is 60.4 Å². The van der Waals surface area contributed by atoms with Gasteiger partial charge in [0.1, 0.15) is 17.8 Å². The van der Waals surface area contributed by atoms with Crippen molar-refractivity contribution in [3.63, 3.8) is 0 Å². The van der Waals surface area contributed by atoms with E-state index in [2.05, 4.69) is 37.2 Å². The first kappa shape index (κ1) is 20.5. The highest BCUT2D eigenvalue weighted by atomic mass is 16.5. The molecule has 0 aliphatic carbocycles. The average Bonchev–Trinajstić information content (AvgIpc) is 2.81. The van der Waals surface area contributed by atoms with Gasteiger partial charge < -0.3 is 25.6 Å². The van der Waals surface area contributed by atoms with Crippen LogP contribution in [-0.2, 0) is 0 Å². The number of Topliss-reactive ketones (excluding diaryl/α,β-unsaturated/α-hetero) is 1. The minimum Gasteiger partial charge on any atom is -0.497 e. The molecule has 0 spiro atoms. The van der Waals surface area contributed by atoms with E-state index in [1.165, 1.54) is 12.0 Å². The number of rotatable bonds is 6. The second kappa shape index (κ2) is 8.91. The van der Waals surface area contributed by atoms with E-state index in [-0.39, 0.29) is 5.78 Å². The van der Waals surface area contributed by atoms with Gasteiger partial charge in [0.2, 0.25) is 0 Å². The molecule has 8 heteroatoms. The number of methoxy groups -OCH3 is 1. The molecule has 160 valence electrons. The molecule has 0 unspecified atom stereocenters. The maximum absolute atomic E-state index is 11.5. The normalized spacial score (nSPS) is 13.7. The number of nitrogens with two attached hydrogens (primary N) is 1. The van der Waals surface area contributed by atoms with Gasteiger partial charge in [-0.05, 0) is 55.5 Å². The van der Waals surface area contributed by atoms with Gasteiger partial charge in [0.15, 0.2) is 17.4 Å². The molecule has 1 saturated heterocycles. The van der Waals surface area contributed by atoms with E-state index >= 15 is 0 Å². The van der Waals surface area contributed by atoms with Crippen molar-refractivity contribution in [1.82, 2.24) is 9.97 Å². The number of ether oxygens (including phenoxy) is 1. The van der Waals surface area contributed by atoms with Crippen LogP contribution in [-0.4, -0.2) is 49.0 Å². The Kier molecular flexibility index (Phi) is 5.88. The van der Waals surface area contributed by atoms with Crippen LogP contribution in [0.5, 0.6) is 5.75 Å². The van der Waals surface area contributed by atoms with Crippen molar-refractivity contribution in [3.8, 4) is 5.75 Å². The van der Waals surface area contributed by atoms with Gasteiger partial charge in [0.05, 0.1) is 7.11 Å². The van der Waals surface area contributed by atoms with Crippen molar-refractivity contribution in [2.24, 2.45) is 0 Å². The lowest BCUT2D eigenvalue weighted by molar-refractivity contribution is 0.101. The van der Waals surface area contributed by atoms with Crippen LogP contribution in [0.4, 0.5) is 28.7 Å². The van der Waals surface area contributed by atoms with Gasteiger partial charge in [-0.2, -0.15) is 0 Å². The SMILES string of the molecule is COc1ccc(N2CCN(c3ncnc(Nc4ccc(C(C)=O)cc4)c3N)CC2)cc1. The standard InChI is InChI=1S/C23H26N6O2/c1-16(30)17-3-5-18(6-4-17)27-22-21(24)23(26-15-25-22)29-13-11-28(12-14-29)19-7-9-20(31-2)10-8-19/h3-10,15H,11-14,24H2,1-2H3,(H,25,26,27). The van der Waals surface area contributed by atoms with Crippen LogP contribution in [0.25, 0.3) is 0 Å². The first-order valence-electron chi connectivity index (χ1n) is 10.2. The van der Waals surface area contributed by atoms with Gasteiger partial charge in [-0.3, -0.25) is 4.79 Å². The minimum atomic E-state index is 0.0316. The van der Waals surface area contributed by atoms with Gasteiger partial charge in [-0.1, -0.05) is 0 Å². The first-order valence-corrected chi connectivity index (χ1v) is 10.2. The Balaban J connectivity index is 1.44. The monoisotopic (exact) mass is 418 g/mol. The topological polar surface area (TPSA) is 96.6 Å². The van der Waals surface area contributed by atoms with Crippen LogP contribution < -0.4 is 25.6 Å². The summed E-state index contributed by atoms with van der Waals surface area (Å²) in [6.45, 7) is 4.89. The zero-order chi connectivity index (χ0) is 21.8. The third-order valence-electron chi connectivity index (χ3n) is 5.43. The summed E-state index contributed by atoms with van der Waals surface area (Å²) in [5.41, 5.74) is 9.57. The van der Waals surface area contributed by atoms with E-state index in [9.17, 15) is 4.79 Å². The number of piperazine rings is 1. The number of hydrogen-bond acceptors (Lipinski definition) is 8. The van der Waals surface area contributed by atoms with Gasteiger partial charge in [-0.15, -0.1) is 0 Å². The fourth-order valence-corrected chi connectivity index (χ4v) is 3.63. The Bertz CT molecular complexity index is 1040. The van der Waals surface area contributed by atoms with Crippen LogP contribution in [0.1, 0.15) is 17.3 Å². The quantitative estimate of drug-likeness (QED) is 0.589. The van der Waals surface area contributed by atoms with E-state index in [1.54, 1.807) is 26.2 Å². The number of carbonyl (C=O) groups is 1. The lowest BCUT2D eigenvalue weighted by Gasteiger charge is -2.37. The molecule has 0 saturated carbocycles. The maximum atomic E-state index is 11.5. The van der Waals surface area contributed by atoms with E-state index < -0.39 is 0 Å². The zero-order valence-corrected chi connectivity index (χ0v) is 17.7. The van der Waals surface area contributed by atoms with Crippen molar-refractivity contribution in [2.45, 2.75) is 6.92 Å². The molecule has 2 heterocycles. The van der Waals surface area contributed by atoms with Crippen molar-refractivity contribution < 1.29 is 9.53 Å². The first-order chi connectivity index (χ1) is 15.0. The summed E-state index contributed by atoms with van der Waals surface area (Å²) in [6.07, 6.45) is 1.52. The number of nitrogens with one attached hydrogen (secondary N) is 1. The number of nitrogen functional groups attached to an aromatic ring is 1. The molecule has 1 aliphatic heterocycles. The van der Waals surface area contributed by atoms with E-state index in [0.717, 1.165) is 43.4 Å². The Morgan fingerprint density at radius 3 is 2.23 bits per heavy atom. The molecule has 3 N–H and O–H groups in total. The van der Waals surface area contributed by atoms with Crippen LogP contribution in [0.3, 0.4) is 0 Å². The number of aromatic nitrogens is 2. The third-order valence-corrected chi connectivity index (χ3v) is 5.43. The smallest absolute Gasteiger partial charge is 0.159 e. The molecule has 2 aromatic carbocycles. The number of carbonyl (C=O) groups excluding carboxylic acids is 1. The average molecular weight is 419 g/mol. The summed E-state index contributed by atoms with van der Waals surface area (Å²) in [7, 11) is 1.67. The number of anilines is 5. The molecule has 3 aromatic rings. The zero-order valence-electron chi connectivity index (χ0n) is 17.7. The van der Waals surface area contributed by atoms with Crippen LogP contribution in [0.2, 0.25) is 0 Å². The van der Waals surface area contributed by atoms with Gasteiger partial charge in [0.25, 0.3) is 0 Å². The molecule has 0 atom stereocenters. The molecule has 0 bridgehead atoms. The summed E-state index contributed by atoms with van der Waals surface area (Å²) in [4.78, 5) is 24.7. The molecule has 4 rings (SSSR count).